The first-order valence-electron chi connectivity index (χ1n) is 10.6. The normalized spacial score (nSPS) is 27.7. The highest BCUT2D eigenvalue weighted by Crippen LogP contribution is 2.64. The van der Waals surface area contributed by atoms with E-state index in [2.05, 4.69) is 31.2 Å². The van der Waals surface area contributed by atoms with Crippen LogP contribution in [0.15, 0.2) is 72.8 Å². The van der Waals surface area contributed by atoms with Gasteiger partial charge in [0.05, 0.1) is 17.5 Å². The van der Waals surface area contributed by atoms with Gasteiger partial charge in [0, 0.05) is 16.9 Å². The summed E-state index contributed by atoms with van der Waals surface area (Å²) >= 11 is 0. The Hall–Kier alpha value is -3.53. The Morgan fingerprint density at radius 1 is 0.806 bits per heavy atom. The predicted octanol–water partition coefficient (Wildman–Crippen LogP) is 4.46. The lowest BCUT2D eigenvalue weighted by Crippen LogP contribution is -2.51. The number of nitrogens with zero attached hydrogens (tertiary/aromatic N) is 1. The third-order valence-electron chi connectivity index (χ3n) is 7.57. The second-order valence-electron chi connectivity index (χ2n) is 8.97. The molecule has 2 amide bonds. The van der Waals surface area contributed by atoms with E-state index in [0.29, 0.717) is 11.3 Å². The fourth-order valence-corrected chi connectivity index (χ4v) is 6.25. The summed E-state index contributed by atoms with van der Waals surface area (Å²) in [5.74, 6) is -1.34. The zero-order valence-corrected chi connectivity index (χ0v) is 17.3. The van der Waals surface area contributed by atoms with Gasteiger partial charge in [-0.15, -0.1) is 0 Å². The third-order valence-corrected chi connectivity index (χ3v) is 7.57. The number of Topliss-reactive ketones (excluding diaryl/α,β-unsaturated/α-hetero) is 1. The Morgan fingerprint density at radius 2 is 1.35 bits per heavy atom. The van der Waals surface area contributed by atoms with E-state index in [-0.39, 0.29) is 23.5 Å². The van der Waals surface area contributed by atoms with Gasteiger partial charge < -0.3 is 0 Å². The zero-order chi connectivity index (χ0) is 21.5. The summed E-state index contributed by atoms with van der Waals surface area (Å²) in [5, 5.41) is 0. The van der Waals surface area contributed by atoms with Crippen molar-refractivity contribution in [1.82, 2.24) is 0 Å². The standard InChI is InChI=1S/C27H21NO3/c1-15(29)16-11-13-17(14-12-16)28-25(30)23-22-18-7-3-5-9-20(18)27(2,24(23)26(28)31)21-10-6-4-8-19(21)22/h3-14,22-24H,1-2H3/t22?,23-,24+,27?/m0/s1. The van der Waals surface area contributed by atoms with Crippen molar-refractivity contribution in [3.05, 3.63) is 101 Å². The summed E-state index contributed by atoms with van der Waals surface area (Å²) < 4.78 is 0. The average molecular weight is 407 g/mol. The first-order valence-corrected chi connectivity index (χ1v) is 10.6. The average Bonchev–Trinajstić information content (AvgIpc) is 3.06. The van der Waals surface area contributed by atoms with Crippen molar-refractivity contribution in [2.75, 3.05) is 4.90 Å². The second kappa shape index (κ2) is 6.01. The van der Waals surface area contributed by atoms with Crippen LogP contribution < -0.4 is 4.90 Å². The molecule has 4 aliphatic rings. The molecule has 152 valence electrons. The van der Waals surface area contributed by atoms with Crippen molar-refractivity contribution in [2.45, 2.75) is 25.2 Å². The van der Waals surface area contributed by atoms with Gasteiger partial charge in [-0.2, -0.15) is 0 Å². The Morgan fingerprint density at radius 3 is 1.90 bits per heavy atom. The minimum absolute atomic E-state index is 0.0456. The quantitative estimate of drug-likeness (QED) is 0.466. The molecule has 1 aliphatic heterocycles. The van der Waals surface area contributed by atoms with E-state index in [1.54, 1.807) is 24.3 Å². The maximum atomic E-state index is 13.8. The Kier molecular flexibility index (Phi) is 3.54. The third kappa shape index (κ3) is 2.12. The number of benzene rings is 3. The lowest BCUT2D eigenvalue weighted by atomic mass is 9.48. The lowest BCUT2D eigenvalue weighted by Gasteiger charge is -2.52. The number of rotatable bonds is 2. The smallest absolute Gasteiger partial charge is 0.238 e. The van der Waals surface area contributed by atoms with Crippen molar-refractivity contribution in [3.63, 3.8) is 0 Å². The van der Waals surface area contributed by atoms with Crippen LogP contribution in [0.4, 0.5) is 5.69 Å². The van der Waals surface area contributed by atoms with Crippen LogP contribution in [0.3, 0.4) is 0 Å². The number of imide groups is 1. The highest BCUT2D eigenvalue weighted by atomic mass is 16.2. The molecule has 3 aromatic carbocycles. The summed E-state index contributed by atoms with van der Waals surface area (Å²) in [7, 11) is 0. The molecule has 0 N–H and O–H groups in total. The van der Waals surface area contributed by atoms with Crippen LogP contribution in [0, 0.1) is 11.8 Å². The van der Waals surface area contributed by atoms with Crippen molar-refractivity contribution in [2.24, 2.45) is 11.8 Å². The summed E-state index contributed by atoms with van der Waals surface area (Å²) in [6.45, 7) is 3.62. The number of amides is 2. The highest BCUT2D eigenvalue weighted by molar-refractivity contribution is 6.23. The maximum absolute atomic E-state index is 13.8. The zero-order valence-electron chi connectivity index (χ0n) is 17.3. The summed E-state index contributed by atoms with van der Waals surface area (Å²) in [4.78, 5) is 40.6. The molecule has 0 aromatic heterocycles. The van der Waals surface area contributed by atoms with Crippen LogP contribution in [0.1, 0.15) is 52.4 Å². The molecule has 31 heavy (non-hydrogen) atoms. The van der Waals surface area contributed by atoms with E-state index in [1.807, 2.05) is 24.3 Å². The second-order valence-corrected chi connectivity index (χ2v) is 8.97. The molecule has 2 atom stereocenters. The number of ketones is 1. The molecule has 1 fully saturated rings. The van der Waals surface area contributed by atoms with E-state index < -0.39 is 17.3 Å². The molecule has 2 bridgehead atoms. The molecule has 4 nitrogen and oxygen atoms in total. The van der Waals surface area contributed by atoms with E-state index in [0.717, 1.165) is 22.3 Å². The molecule has 3 aliphatic carbocycles. The number of carbonyl (C=O) groups excluding carboxylic acids is 3. The molecule has 7 rings (SSSR count). The molecule has 0 unspecified atom stereocenters. The van der Waals surface area contributed by atoms with Gasteiger partial charge in [0.2, 0.25) is 11.8 Å². The largest absolute Gasteiger partial charge is 0.295 e. The topological polar surface area (TPSA) is 54.5 Å². The highest BCUT2D eigenvalue weighted by Gasteiger charge is 2.66. The number of hydrogen-bond acceptors (Lipinski definition) is 3. The molecule has 1 heterocycles. The van der Waals surface area contributed by atoms with Crippen molar-refractivity contribution >= 4 is 23.3 Å². The molecule has 1 saturated heterocycles. The van der Waals surface area contributed by atoms with Crippen LogP contribution >= 0.6 is 0 Å². The molecule has 3 aromatic rings. The van der Waals surface area contributed by atoms with Crippen LogP contribution in [0.25, 0.3) is 0 Å². The maximum Gasteiger partial charge on any atom is 0.238 e. The number of anilines is 1. The Balaban J connectivity index is 1.55. The van der Waals surface area contributed by atoms with Crippen LogP contribution in [0.5, 0.6) is 0 Å². The van der Waals surface area contributed by atoms with Crippen molar-refractivity contribution in [3.8, 4) is 0 Å². The molecular weight excluding hydrogens is 386 g/mol. The van der Waals surface area contributed by atoms with Gasteiger partial charge in [0.25, 0.3) is 0 Å². The summed E-state index contributed by atoms with van der Waals surface area (Å²) in [6.07, 6.45) is 0. The SMILES string of the molecule is CC(=O)c1ccc(N2C(=O)[C@H]3C4c5ccccc5C(C)(c5ccccc54)[C@H]3C2=O)cc1. The minimum atomic E-state index is -0.562. The van der Waals surface area contributed by atoms with Crippen LogP contribution in [-0.2, 0) is 15.0 Å². The van der Waals surface area contributed by atoms with E-state index in [1.165, 1.54) is 11.8 Å². The van der Waals surface area contributed by atoms with E-state index in [9.17, 15) is 14.4 Å². The minimum Gasteiger partial charge on any atom is -0.295 e. The molecule has 0 saturated carbocycles. The molecular formula is C27H21NO3. The monoisotopic (exact) mass is 407 g/mol. The number of carbonyl (C=O) groups is 3. The van der Waals surface area contributed by atoms with E-state index in [4.69, 9.17) is 0 Å². The van der Waals surface area contributed by atoms with Crippen LogP contribution in [0.2, 0.25) is 0 Å². The van der Waals surface area contributed by atoms with Gasteiger partial charge in [0.15, 0.2) is 5.78 Å². The molecule has 4 heteroatoms. The van der Waals surface area contributed by atoms with Gasteiger partial charge in [-0.3, -0.25) is 14.4 Å². The summed E-state index contributed by atoms with van der Waals surface area (Å²) in [5.41, 5.74) is 5.13. The Bertz CT molecular complexity index is 1240. The first kappa shape index (κ1) is 18.3. The van der Waals surface area contributed by atoms with Gasteiger partial charge in [-0.05, 0) is 53.4 Å². The van der Waals surface area contributed by atoms with E-state index >= 15 is 0 Å². The molecule has 0 radical (unpaired) electrons. The van der Waals surface area contributed by atoms with Crippen molar-refractivity contribution in [1.29, 1.82) is 0 Å². The van der Waals surface area contributed by atoms with Gasteiger partial charge >= 0.3 is 0 Å². The first-order chi connectivity index (χ1) is 14.9. The predicted molar refractivity (Wildman–Crippen MR) is 117 cm³/mol. The van der Waals surface area contributed by atoms with Gasteiger partial charge in [0.1, 0.15) is 0 Å². The summed E-state index contributed by atoms with van der Waals surface area (Å²) in [6, 6.07) is 23.2. The fraction of sp³-hybridized carbons (Fsp3) is 0.222. The van der Waals surface area contributed by atoms with Crippen molar-refractivity contribution < 1.29 is 14.4 Å². The lowest BCUT2D eigenvalue weighted by molar-refractivity contribution is -0.123. The van der Waals surface area contributed by atoms with Gasteiger partial charge in [-0.1, -0.05) is 55.5 Å². The Labute approximate surface area is 180 Å². The van der Waals surface area contributed by atoms with Crippen LogP contribution in [-0.4, -0.2) is 17.6 Å². The molecule has 0 spiro atoms. The number of hydrogen-bond donors (Lipinski definition) is 0. The fourth-order valence-electron chi connectivity index (χ4n) is 6.25. The van der Waals surface area contributed by atoms with Gasteiger partial charge in [-0.25, -0.2) is 4.90 Å².